The van der Waals surface area contributed by atoms with Crippen molar-refractivity contribution >= 4 is 34.5 Å². The van der Waals surface area contributed by atoms with Gasteiger partial charge in [0.2, 0.25) is 0 Å². The topological polar surface area (TPSA) is 101 Å². The molecule has 1 fully saturated rings. The Kier molecular flexibility index (Phi) is 5.58. The summed E-state index contributed by atoms with van der Waals surface area (Å²) in [6, 6.07) is 11.7. The van der Waals surface area contributed by atoms with Crippen molar-refractivity contribution in [2.24, 2.45) is 0 Å². The predicted molar refractivity (Wildman–Crippen MR) is 116 cm³/mol. The zero-order valence-electron chi connectivity index (χ0n) is 16.8. The van der Waals surface area contributed by atoms with Crippen LogP contribution in [-0.2, 0) is 16.1 Å². The Bertz CT molecular complexity index is 1250. The van der Waals surface area contributed by atoms with Crippen molar-refractivity contribution in [3.8, 4) is 0 Å². The number of hydrogen-bond donors (Lipinski definition) is 1. The van der Waals surface area contributed by atoms with E-state index < -0.39 is 34.2 Å². The van der Waals surface area contributed by atoms with Gasteiger partial charge in [-0.25, -0.2) is 4.39 Å². The van der Waals surface area contributed by atoms with E-state index in [1.54, 1.807) is 0 Å². The van der Waals surface area contributed by atoms with Gasteiger partial charge >= 0.3 is 0 Å². The third-order valence-corrected chi connectivity index (χ3v) is 6.38. The molecule has 0 radical (unpaired) electrons. The fraction of sp³-hybridized carbons (Fsp3) is 0.130. The van der Waals surface area contributed by atoms with Gasteiger partial charge in [0.15, 0.2) is 0 Å². The number of nitro benzene ring substituents is 1. The SMILES string of the molecule is Cc1ccsc1C1/C(=C(/O)c2ccc([N+](=O)[O-])cc2)C(=O)C(=O)N1Cc1ccc(F)cc1. The lowest BCUT2D eigenvalue weighted by Crippen LogP contribution is -2.29. The average molecular weight is 452 g/mol. The third kappa shape index (κ3) is 3.78. The Labute approximate surface area is 186 Å². The lowest BCUT2D eigenvalue weighted by Gasteiger charge is -2.25. The van der Waals surface area contributed by atoms with Gasteiger partial charge in [0.25, 0.3) is 17.4 Å². The second kappa shape index (κ2) is 8.35. The second-order valence-electron chi connectivity index (χ2n) is 7.33. The highest BCUT2D eigenvalue weighted by Gasteiger charge is 2.47. The quantitative estimate of drug-likeness (QED) is 0.198. The van der Waals surface area contributed by atoms with Crippen LogP contribution in [0.5, 0.6) is 0 Å². The molecule has 0 bridgehead atoms. The molecule has 2 aromatic carbocycles. The average Bonchev–Trinajstić information content (AvgIpc) is 3.30. The number of hydrogen-bond acceptors (Lipinski definition) is 6. The van der Waals surface area contributed by atoms with E-state index in [0.717, 1.165) is 10.4 Å². The third-order valence-electron chi connectivity index (χ3n) is 5.31. The van der Waals surface area contributed by atoms with Gasteiger partial charge in [-0.1, -0.05) is 12.1 Å². The Hall–Kier alpha value is -3.85. The zero-order valence-corrected chi connectivity index (χ0v) is 17.6. The van der Waals surface area contributed by atoms with Crippen LogP contribution in [0.1, 0.15) is 27.6 Å². The van der Waals surface area contributed by atoms with Gasteiger partial charge < -0.3 is 10.0 Å². The van der Waals surface area contributed by atoms with E-state index in [0.29, 0.717) is 5.56 Å². The van der Waals surface area contributed by atoms with Crippen LogP contribution in [0.25, 0.3) is 5.76 Å². The molecule has 4 rings (SSSR count). The van der Waals surface area contributed by atoms with E-state index in [9.17, 15) is 29.2 Å². The number of non-ortho nitro benzene ring substituents is 1. The van der Waals surface area contributed by atoms with Crippen LogP contribution in [0.4, 0.5) is 10.1 Å². The number of carbonyl (C=O) groups is 2. The fourth-order valence-corrected chi connectivity index (χ4v) is 4.71. The number of aliphatic hydroxyl groups excluding tert-OH is 1. The molecule has 1 N–H and O–H groups in total. The maximum atomic E-state index is 13.3. The van der Waals surface area contributed by atoms with Crippen LogP contribution in [0.2, 0.25) is 0 Å². The second-order valence-corrected chi connectivity index (χ2v) is 8.27. The van der Waals surface area contributed by atoms with Gasteiger partial charge in [0.05, 0.1) is 10.5 Å². The predicted octanol–water partition coefficient (Wildman–Crippen LogP) is 4.73. The number of ketones is 1. The van der Waals surface area contributed by atoms with E-state index in [1.165, 1.54) is 64.8 Å². The molecular weight excluding hydrogens is 435 g/mol. The highest BCUT2D eigenvalue weighted by atomic mass is 32.1. The monoisotopic (exact) mass is 452 g/mol. The van der Waals surface area contributed by atoms with Crippen molar-refractivity contribution in [1.29, 1.82) is 0 Å². The van der Waals surface area contributed by atoms with Gasteiger partial charge in [0.1, 0.15) is 17.6 Å². The molecule has 1 aliphatic heterocycles. The van der Waals surface area contributed by atoms with Crippen LogP contribution in [-0.4, -0.2) is 26.6 Å². The lowest BCUT2D eigenvalue weighted by atomic mass is 9.98. The summed E-state index contributed by atoms with van der Waals surface area (Å²) in [6.07, 6.45) is 0. The first-order chi connectivity index (χ1) is 15.3. The highest BCUT2D eigenvalue weighted by Crippen LogP contribution is 2.43. The van der Waals surface area contributed by atoms with Crippen molar-refractivity contribution < 1.29 is 24.0 Å². The number of likely N-dealkylation sites (tertiary alicyclic amines) is 1. The van der Waals surface area contributed by atoms with Crippen molar-refractivity contribution in [1.82, 2.24) is 4.90 Å². The largest absolute Gasteiger partial charge is 0.507 e. The summed E-state index contributed by atoms with van der Waals surface area (Å²) >= 11 is 1.35. The van der Waals surface area contributed by atoms with E-state index in [4.69, 9.17) is 0 Å². The highest BCUT2D eigenvalue weighted by molar-refractivity contribution is 7.10. The fourth-order valence-electron chi connectivity index (χ4n) is 3.66. The van der Waals surface area contributed by atoms with Crippen molar-refractivity contribution in [2.75, 3.05) is 0 Å². The minimum atomic E-state index is -0.847. The number of thiophene rings is 1. The molecule has 2 heterocycles. The Morgan fingerprint density at radius 3 is 2.34 bits per heavy atom. The minimum absolute atomic E-state index is 0.0455. The molecule has 32 heavy (non-hydrogen) atoms. The first-order valence-corrected chi connectivity index (χ1v) is 10.5. The Morgan fingerprint density at radius 2 is 1.78 bits per heavy atom. The van der Waals surface area contributed by atoms with E-state index in [1.807, 2.05) is 18.4 Å². The van der Waals surface area contributed by atoms with Crippen LogP contribution >= 0.6 is 11.3 Å². The summed E-state index contributed by atoms with van der Waals surface area (Å²) in [4.78, 5) is 38.4. The molecule has 1 amide bonds. The molecule has 1 atom stereocenters. The summed E-state index contributed by atoms with van der Waals surface area (Å²) in [5.41, 5.74) is 1.42. The van der Waals surface area contributed by atoms with Crippen LogP contribution in [0, 0.1) is 22.9 Å². The van der Waals surface area contributed by atoms with E-state index >= 15 is 0 Å². The number of rotatable bonds is 5. The number of nitro groups is 1. The molecule has 3 aromatic rings. The first-order valence-electron chi connectivity index (χ1n) is 9.59. The van der Waals surface area contributed by atoms with Crippen LogP contribution in [0.15, 0.2) is 65.6 Å². The number of halogens is 1. The number of benzene rings is 2. The number of amides is 1. The smallest absolute Gasteiger partial charge is 0.295 e. The Morgan fingerprint density at radius 1 is 1.12 bits per heavy atom. The molecule has 0 aliphatic carbocycles. The molecular formula is C23H17FN2O5S. The number of aliphatic hydroxyl groups is 1. The maximum Gasteiger partial charge on any atom is 0.295 e. The maximum absolute atomic E-state index is 13.3. The molecule has 7 nitrogen and oxygen atoms in total. The summed E-state index contributed by atoms with van der Waals surface area (Å²) in [5.74, 6) is -2.45. The summed E-state index contributed by atoms with van der Waals surface area (Å²) in [5, 5.41) is 23.7. The molecule has 9 heteroatoms. The van der Waals surface area contributed by atoms with Gasteiger partial charge in [-0.3, -0.25) is 19.7 Å². The lowest BCUT2D eigenvalue weighted by molar-refractivity contribution is -0.384. The van der Waals surface area contributed by atoms with Gasteiger partial charge in [-0.15, -0.1) is 11.3 Å². The number of aryl methyl sites for hydroxylation is 1. The first kappa shape index (κ1) is 21.4. The van der Waals surface area contributed by atoms with Gasteiger partial charge in [-0.05, 0) is 53.8 Å². The summed E-state index contributed by atoms with van der Waals surface area (Å²) in [7, 11) is 0. The van der Waals surface area contributed by atoms with Gasteiger partial charge in [-0.2, -0.15) is 0 Å². The molecule has 0 spiro atoms. The molecule has 1 saturated heterocycles. The van der Waals surface area contributed by atoms with E-state index in [2.05, 4.69) is 0 Å². The van der Waals surface area contributed by atoms with Crippen LogP contribution < -0.4 is 0 Å². The molecule has 162 valence electrons. The number of carbonyl (C=O) groups excluding carboxylic acids is 2. The number of nitrogens with zero attached hydrogens (tertiary/aromatic N) is 2. The standard InChI is InChI=1S/C23H17FN2O5S/c1-13-10-11-32-22(13)19-18(20(27)15-4-8-17(9-5-15)26(30)31)21(28)23(29)25(19)12-14-2-6-16(24)7-3-14/h2-11,19,27H,12H2,1H3/b20-18-. The molecule has 1 aromatic heterocycles. The van der Waals surface area contributed by atoms with Crippen molar-refractivity contribution in [2.45, 2.75) is 19.5 Å². The van der Waals surface area contributed by atoms with Gasteiger partial charge in [0, 0.05) is 29.1 Å². The molecule has 1 unspecified atom stereocenters. The van der Waals surface area contributed by atoms with Crippen molar-refractivity contribution in [3.05, 3.63) is 103 Å². The van der Waals surface area contributed by atoms with Crippen molar-refractivity contribution in [3.63, 3.8) is 0 Å². The zero-order chi connectivity index (χ0) is 23.0. The normalized spacial score (nSPS) is 17.7. The van der Waals surface area contributed by atoms with Crippen LogP contribution in [0.3, 0.4) is 0 Å². The summed E-state index contributed by atoms with van der Waals surface area (Å²) < 4.78 is 13.3. The summed E-state index contributed by atoms with van der Waals surface area (Å²) in [6.45, 7) is 1.89. The molecule has 1 aliphatic rings. The minimum Gasteiger partial charge on any atom is -0.507 e. The molecule has 0 saturated carbocycles. The van der Waals surface area contributed by atoms with E-state index in [-0.39, 0.29) is 23.4 Å². The number of Topliss-reactive ketones (excluding diaryl/α,β-unsaturated/α-hetero) is 1. The Balaban J connectivity index is 1.83.